The van der Waals surface area contributed by atoms with Crippen molar-refractivity contribution >= 4 is 39.4 Å². The lowest BCUT2D eigenvalue weighted by molar-refractivity contribution is -0.114. The van der Waals surface area contributed by atoms with E-state index in [9.17, 15) is 4.79 Å². The van der Waals surface area contributed by atoms with E-state index in [0.29, 0.717) is 16.9 Å². The van der Waals surface area contributed by atoms with E-state index in [-0.39, 0.29) is 5.91 Å². The largest absolute Gasteiger partial charge is 0.411 e. The molecule has 0 unspecified atom stereocenters. The average molecular weight is 391 g/mol. The molecule has 3 aromatic rings. The van der Waals surface area contributed by atoms with Crippen molar-refractivity contribution in [3.8, 4) is 11.5 Å². The highest BCUT2D eigenvalue weighted by molar-refractivity contribution is 9.10. The summed E-state index contributed by atoms with van der Waals surface area (Å²) in [5.74, 6) is 0.713. The standard InChI is InChI=1S/C15H11BrN4O2S/c1-9(21)18-13-12(3-2-8-17-13)23-15-20-19-14(22-15)10-4-6-11(16)7-5-10/h2-8H,1H3,(H,17,18,21). The van der Waals surface area contributed by atoms with Crippen molar-refractivity contribution in [2.45, 2.75) is 17.0 Å². The van der Waals surface area contributed by atoms with Crippen LogP contribution in [0.15, 0.2) is 61.6 Å². The molecule has 0 fully saturated rings. The third kappa shape index (κ3) is 3.96. The lowest BCUT2D eigenvalue weighted by Gasteiger charge is -2.05. The Balaban J connectivity index is 1.82. The molecule has 0 spiro atoms. The molecule has 0 aliphatic rings. The van der Waals surface area contributed by atoms with E-state index in [1.807, 2.05) is 30.3 Å². The second-order valence-electron chi connectivity index (χ2n) is 4.51. The molecule has 3 rings (SSSR count). The monoisotopic (exact) mass is 390 g/mol. The lowest BCUT2D eigenvalue weighted by Crippen LogP contribution is -2.08. The second-order valence-corrected chi connectivity index (χ2v) is 6.42. The number of pyridine rings is 1. The minimum absolute atomic E-state index is 0.188. The maximum Gasteiger partial charge on any atom is 0.281 e. The number of nitrogens with zero attached hydrogens (tertiary/aromatic N) is 3. The fourth-order valence-corrected chi connectivity index (χ4v) is 2.79. The van der Waals surface area contributed by atoms with Crippen LogP contribution >= 0.6 is 27.7 Å². The van der Waals surface area contributed by atoms with Crippen LogP contribution in [0.1, 0.15) is 6.92 Å². The maximum absolute atomic E-state index is 11.2. The Morgan fingerprint density at radius 1 is 1.22 bits per heavy atom. The number of hydrogen-bond acceptors (Lipinski definition) is 6. The first kappa shape index (κ1) is 15.7. The number of benzene rings is 1. The van der Waals surface area contributed by atoms with E-state index in [4.69, 9.17) is 4.42 Å². The number of carbonyl (C=O) groups excluding carboxylic acids is 1. The van der Waals surface area contributed by atoms with Gasteiger partial charge >= 0.3 is 0 Å². The normalized spacial score (nSPS) is 10.5. The minimum Gasteiger partial charge on any atom is -0.411 e. The quantitative estimate of drug-likeness (QED) is 0.724. The average Bonchev–Trinajstić information content (AvgIpc) is 2.98. The van der Waals surface area contributed by atoms with Crippen LogP contribution in [0, 0.1) is 0 Å². The van der Waals surface area contributed by atoms with Gasteiger partial charge in [-0.05, 0) is 48.2 Å². The molecule has 0 bridgehead atoms. The van der Waals surface area contributed by atoms with Gasteiger partial charge in [-0.2, -0.15) is 0 Å². The Morgan fingerprint density at radius 3 is 2.74 bits per heavy atom. The third-order valence-corrected chi connectivity index (χ3v) is 4.18. The van der Waals surface area contributed by atoms with E-state index in [0.717, 1.165) is 14.9 Å². The fraction of sp³-hybridized carbons (Fsp3) is 0.0667. The predicted molar refractivity (Wildman–Crippen MR) is 90.1 cm³/mol. The Labute approximate surface area is 144 Å². The van der Waals surface area contributed by atoms with Crippen molar-refractivity contribution in [3.63, 3.8) is 0 Å². The topological polar surface area (TPSA) is 80.9 Å². The third-order valence-electron chi connectivity index (χ3n) is 2.76. The van der Waals surface area contributed by atoms with Crippen LogP contribution in [0.25, 0.3) is 11.5 Å². The van der Waals surface area contributed by atoms with Crippen LogP contribution in [0.3, 0.4) is 0 Å². The molecule has 6 nitrogen and oxygen atoms in total. The zero-order valence-corrected chi connectivity index (χ0v) is 14.4. The predicted octanol–water partition coefficient (Wildman–Crippen LogP) is 4.00. The molecule has 1 N–H and O–H groups in total. The summed E-state index contributed by atoms with van der Waals surface area (Å²) in [6.07, 6.45) is 1.61. The second kappa shape index (κ2) is 6.93. The van der Waals surface area contributed by atoms with Gasteiger partial charge in [0.05, 0.1) is 4.90 Å². The van der Waals surface area contributed by atoms with Crippen molar-refractivity contribution < 1.29 is 9.21 Å². The molecule has 2 heterocycles. The lowest BCUT2D eigenvalue weighted by atomic mass is 10.2. The first-order valence-electron chi connectivity index (χ1n) is 6.62. The van der Waals surface area contributed by atoms with Gasteiger partial charge < -0.3 is 9.73 Å². The number of amides is 1. The van der Waals surface area contributed by atoms with Gasteiger partial charge in [0.2, 0.25) is 11.8 Å². The van der Waals surface area contributed by atoms with Gasteiger partial charge in [-0.1, -0.05) is 15.9 Å². The molecular weight excluding hydrogens is 380 g/mol. The Kier molecular flexibility index (Phi) is 4.73. The SMILES string of the molecule is CC(=O)Nc1ncccc1Sc1nnc(-c2ccc(Br)cc2)o1. The van der Waals surface area contributed by atoms with Gasteiger partial charge in [-0.25, -0.2) is 4.98 Å². The van der Waals surface area contributed by atoms with Crippen LogP contribution in [-0.4, -0.2) is 21.1 Å². The van der Waals surface area contributed by atoms with E-state index in [1.165, 1.54) is 18.7 Å². The van der Waals surface area contributed by atoms with Gasteiger partial charge in [-0.15, -0.1) is 10.2 Å². The number of halogens is 1. The highest BCUT2D eigenvalue weighted by Gasteiger charge is 2.13. The molecule has 0 saturated carbocycles. The Bertz CT molecular complexity index is 836. The summed E-state index contributed by atoms with van der Waals surface area (Å²) in [5.41, 5.74) is 0.834. The molecule has 0 saturated heterocycles. The number of rotatable bonds is 4. The summed E-state index contributed by atoms with van der Waals surface area (Å²) >= 11 is 4.63. The summed E-state index contributed by atoms with van der Waals surface area (Å²) in [6.45, 7) is 1.43. The minimum atomic E-state index is -0.188. The summed E-state index contributed by atoms with van der Waals surface area (Å²) in [7, 11) is 0. The van der Waals surface area contributed by atoms with Gasteiger partial charge in [0.25, 0.3) is 5.22 Å². The number of carbonyl (C=O) groups is 1. The highest BCUT2D eigenvalue weighted by atomic mass is 79.9. The zero-order chi connectivity index (χ0) is 16.2. The van der Waals surface area contributed by atoms with E-state index in [2.05, 4.69) is 36.4 Å². The van der Waals surface area contributed by atoms with E-state index < -0.39 is 0 Å². The molecule has 23 heavy (non-hydrogen) atoms. The molecule has 1 aromatic carbocycles. The van der Waals surface area contributed by atoms with Crippen molar-refractivity contribution in [2.75, 3.05) is 5.32 Å². The highest BCUT2D eigenvalue weighted by Crippen LogP contribution is 2.33. The molecule has 0 radical (unpaired) electrons. The van der Waals surface area contributed by atoms with Gasteiger partial charge in [-0.3, -0.25) is 4.79 Å². The summed E-state index contributed by atoms with van der Waals surface area (Å²) in [5, 5.41) is 11.1. The number of anilines is 1. The maximum atomic E-state index is 11.2. The molecule has 116 valence electrons. The van der Waals surface area contributed by atoms with E-state index in [1.54, 1.807) is 12.3 Å². The Morgan fingerprint density at radius 2 is 2.00 bits per heavy atom. The van der Waals surface area contributed by atoms with Crippen LogP contribution < -0.4 is 5.32 Å². The fourth-order valence-electron chi connectivity index (χ4n) is 1.79. The number of nitrogens with one attached hydrogen (secondary N) is 1. The molecule has 8 heteroatoms. The van der Waals surface area contributed by atoms with Crippen LogP contribution in [-0.2, 0) is 4.79 Å². The zero-order valence-electron chi connectivity index (χ0n) is 12.0. The van der Waals surface area contributed by atoms with Crippen LogP contribution in [0.4, 0.5) is 5.82 Å². The molecule has 0 aliphatic carbocycles. The van der Waals surface area contributed by atoms with Crippen LogP contribution in [0.5, 0.6) is 0 Å². The molecular formula is C15H11BrN4O2S. The molecule has 1 amide bonds. The molecule has 0 aliphatic heterocycles. The molecule has 2 aromatic heterocycles. The van der Waals surface area contributed by atoms with Gasteiger partial charge in [0.15, 0.2) is 0 Å². The number of hydrogen-bond donors (Lipinski definition) is 1. The van der Waals surface area contributed by atoms with Crippen molar-refractivity contribution in [2.24, 2.45) is 0 Å². The summed E-state index contributed by atoms with van der Waals surface area (Å²) in [6, 6.07) is 11.2. The first-order valence-corrected chi connectivity index (χ1v) is 8.22. The number of aromatic nitrogens is 3. The van der Waals surface area contributed by atoms with Crippen molar-refractivity contribution in [3.05, 3.63) is 47.1 Å². The molecule has 0 atom stereocenters. The van der Waals surface area contributed by atoms with Crippen LogP contribution in [0.2, 0.25) is 0 Å². The van der Waals surface area contributed by atoms with Gasteiger partial charge in [0, 0.05) is 23.2 Å². The summed E-state index contributed by atoms with van der Waals surface area (Å²) in [4.78, 5) is 16.1. The first-order chi connectivity index (χ1) is 11.1. The smallest absolute Gasteiger partial charge is 0.281 e. The van der Waals surface area contributed by atoms with Crippen molar-refractivity contribution in [1.82, 2.24) is 15.2 Å². The summed E-state index contributed by atoms with van der Waals surface area (Å²) < 4.78 is 6.64. The van der Waals surface area contributed by atoms with Gasteiger partial charge in [0.1, 0.15) is 5.82 Å². The van der Waals surface area contributed by atoms with Crippen molar-refractivity contribution in [1.29, 1.82) is 0 Å². The van der Waals surface area contributed by atoms with E-state index >= 15 is 0 Å². The Hall–Kier alpha value is -2.19.